The molecular formula is C13H18BrN. The van der Waals surface area contributed by atoms with E-state index in [9.17, 15) is 0 Å². The van der Waals surface area contributed by atoms with Crippen molar-refractivity contribution < 1.29 is 0 Å². The summed E-state index contributed by atoms with van der Waals surface area (Å²) < 4.78 is 0. The molecule has 1 aliphatic carbocycles. The number of hydrogen-bond acceptors (Lipinski definition) is 1. The van der Waals surface area contributed by atoms with Gasteiger partial charge in [-0.15, -0.1) is 0 Å². The maximum Gasteiger partial charge on any atom is 0.0231 e. The zero-order chi connectivity index (χ0) is 10.7. The first kappa shape index (κ1) is 11.2. The molecule has 0 heterocycles. The van der Waals surface area contributed by atoms with Crippen molar-refractivity contribution in [3.63, 3.8) is 0 Å². The molecule has 0 saturated carbocycles. The minimum Gasteiger partial charge on any atom is -0.301 e. The zero-order valence-corrected chi connectivity index (χ0v) is 10.9. The molecule has 82 valence electrons. The summed E-state index contributed by atoms with van der Waals surface area (Å²) in [5.41, 5.74) is 4.61. The van der Waals surface area contributed by atoms with Crippen LogP contribution in [0.25, 0.3) is 0 Å². The van der Waals surface area contributed by atoms with E-state index in [-0.39, 0.29) is 0 Å². The van der Waals surface area contributed by atoms with Crippen molar-refractivity contribution in [3.8, 4) is 0 Å². The Morgan fingerprint density at radius 2 is 2.07 bits per heavy atom. The molecule has 0 fully saturated rings. The Morgan fingerprint density at radius 3 is 2.87 bits per heavy atom. The third kappa shape index (κ3) is 2.82. The van der Waals surface area contributed by atoms with Gasteiger partial charge >= 0.3 is 0 Å². The lowest BCUT2D eigenvalue weighted by atomic mass is 10.1. The highest BCUT2D eigenvalue weighted by molar-refractivity contribution is 9.09. The van der Waals surface area contributed by atoms with Crippen LogP contribution in [0, 0.1) is 0 Å². The Bertz CT molecular complexity index is 335. The van der Waals surface area contributed by atoms with Gasteiger partial charge in [-0.25, -0.2) is 0 Å². The first-order valence-corrected chi connectivity index (χ1v) is 6.77. The van der Waals surface area contributed by atoms with E-state index in [4.69, 9.17) is 0 Å². The second-order valence-electron chi connectivity index (χ2n) is 4.38. The molecule has 2 heteroatoms. The molecule has 0 bridgehead atoms. The SMILES string of the molecule is CN(CCBr)Cc1ccc2c(c1)CCC2. The molecule has 1 aliphatic rings. The maximum absolute atomic E-state index is 3.47. The highest BCUT2D eigenvalue weighted by Crippen LogP contribution is 2.23. The first-order valence-electron chi connectivity index (χ1n) is 5.65. The summed E-state index contributed by atoms with van der Waals surface area (Å²) in [6.45, 7) is 2.18. The molecule has 2 rings (SSSR count). The Kier molecular flexibility index (Phi) is 3.81. The molecule has 0 saturated heterocycles. The number of hydrogen-bond donors (Lipinski definition) is 0. The van der Waals surface area contributed by atoms with Crippen molar-refractivity contribution in [3.05, 3.63) is 34.9 Å². The number of aryl methyl sites for hydroxylation is 2. The van der Waals surface area contributed by atoms with E-state index >= 15 is 0 Å². The minimum atomic E-state index is 1.05. The van der Waals surface area contributed by atoms with E-state index in [1.807, 2.05) is 0 Å². The second kappa shape index (κ2) is 5.13. The largest absolute Gasteiger partial charge is 0.301 e. The predicted molar refractivity (Wildman–Crippen MR) is 68.6 cm³/mol. The summed E-state index contributed by atoms with van der Waals surface area (Å²) in [5, 5.41) is 1.05. The minimum absolute atomic E-state index is 1.05. The number of benzene rings is 1. The van der Waals surface area contributed by atoms with Gasteiger partial charge in [0.1, 0.15) is 0 Å². The standard InChI is InChI=1S/C13H18BrN/c1-15(8-7-14)10-11-5-6-12-3-2-4-13(12)9-11/h5-6,9H,2-4,7-8,10H2,1H3. The van der Waals surface area contributed by atoms with Crippen molar-refractivity contribution in [2.24, 2.45) is 0 Å². The Balaban J connectivity index is 2.03. The van der Waals surface area contributed by atoms with E-state index in [0.717, 1.165) is 18.4 Å². The number of fused-ring (bicyclic) bond motifs is 1. The van der Waals surface area contributed by atoms with Crippen molar-refractivity contribution in [2.75, 3.05) is 18.9 Å². The van der Waals surface area contributed by atoms with Gasteiger partial charge in [0.25, 0.3) is 0 Å². The molecule has 0 radical (unpaired) electrons. The van der Waals surface area contributed by atoms with Gasteiger partial charge in [-0.3, -0.25) is 0 Å². The third-order valence-corrected chi connectivity index (χ3v) is 3.44. The van der Waals surface area contributed by atoms with Gasteiger partial charge in [0.15, 0.2) is 0 Å². The predicted octanol–water partition coefficient (Wildman–Crippen LogP) is 3.00. The van der Waals surface area contributed by atoms with E-state index in [1.54, 1.807) is 11.1 Å². The lowest BCUT2D eigenvalue weighted by molar-refractivity contribution is 0.349. The van der Waals surface area contributed by atoms with Crippen LogP contribution in [0.5, 0.6) is 0 Å². The molecule has 0 unspecified atom stereocenters. The van der Waals surface area contributed by atoms with Crippen LogP contribution >= 0.6 is 15.9 Å². The van der Waals surface area contributed by atoms with Gasteiger partial charge in [-0.2, -0.15) is 0 Å². The van der Waals surface area contributed by atoms with Gasteiger partial charge in [0, 0.05) is 18.4 Å². The summed E-state index contributed by atoms with van der Waals surface area (Å²) in [5.74, 6) is 0. The Labute approximate surface area is 101 Å². The van der Waals surface area contributed by atoms with Crippen LogP contribution < -0.4 is 0 Å². The summed E-state index contributed by atoms with van der Waals surface area (Å²) in [6, 6.07) is 7.00. The normalized spacial score (nSPS) is 14.6. The number of halogens is 1. The van der Waals surface area contributed by atoms with Crippen molar-refractivity contribution >= 4 is 15.9 Å². The fourth-order valence-electron chi connectivity index (χ4n) is 2.26. The molecule has 0 aromatic heterocycles. The zero-order valence-electron chi connectivity index (χ0n) is 9.30. The molecule has 15 heavy (non-hydrogen) atoms. The molecule has 0 spiro atoms. The van der Waals surface area contributed by atoms with Crippen LogP contribution in [-0.2, 0) is 19.4 Å². The van der Waals surface area contributed by atoms with E-state index in [0.29, 0.717) is 0 Å². The molecule has 0 atom stereocenters. The number of rotatable bonds is 4. The summed E-state index contributed by atoms with van der Waals surface area (Å²) in [7, 11) is 2.18. The fraction of sp³-hybridized carbons (Fsp3) is 0.538. The molecule has 1 nitrogen and oxygen atoms in total. The van der Waals surface area contributed by atoms with E-state index in [1.165, 1.54) is 24.8 Å². The van der Waals surface area contributed by atoms with Gasteiger partial charge in [0.2, 0.25) is 0 Å². The van der Waals surface area contributed by atoms with Crippen molar-refractivity contribution in [1.82, 2.24) is 4.90 Å². The monoisotopic (exact) mass is 267 g/mol. The molecule has 0 aliphatic heterocycles. The van der Waals surface area contributed by atoms with Crippen LogP contribution in [0.1, 0.15) is 23.1 Å². The van der Waals surface area contributed by atoms with Crippen LogP contribution in [-0.4, -0.2) is 23.8 Å². The molecule has 1 aromatic carbocycles. The number of nitrogens with zero attached hydrogens (tertiary/aromatic N) is 1. The van der Waals surface area contributed by atoms with Gasteiger partial charge < -0.3 is 4.90 Å². The topological polar surface area (TPSA) is 3.24 Å². The summed E-state index contributed by atoms with van der Waals surface area (Å²) >= 11 is 3.47. The Hall–Kier alpha value is -0.340. The molecule has 0 N–H and O–H groups in total. The summed E-state index contributed by atoms with van der Waals surface area (Å²) in [4.78, 5) is 2.35. The smallest absolute Gasteiger partial charge is 0.0231 e. The van der Waals surface area contributed by atoms with Crippen LogP contribution in [0.15, 0.2) is 18.2 Å². The first-order chi connectivity index (χ1) is 7.29. The lowest BCUT2D eigenvalue weighted by Gasteiger charge is -2.15. The number of alkyl halides is 1. The van der Waals surface area contributed by atoms with Crippen LogP contribution in [0.4, 0.5) is 0 Å². The maximum atomic E-state index is 3.47. The Morgan fingerprint density at radius 1 is 1.27 bits per heavy atom. The van der Waals surface area contributed by atoms with Gasteiger partial charge in [-0.1, -0.05) is 34.1 Å². The second-order valence-corrected chi connectivity index (χ2v) is 5.18. The van der Waals surface area contributed by atoms with Crippen molar-refractivity contribution in [2.45, 2.75) is 25.8 Å². The fourth-order valence-corrected chi connectivity index (χ4v) is 2.86. The highest BCUT2D eigenvalue weighted by atomic mass is 79.9. The average Bonchev–Trinajstić information content (AvgIpc) is 2.65. The molecule has 1 aromatic rings. The van der Waals surface area contributed by atoms with E-state index < -0.39 is 0 Å². The van der Waals surface area contributed by atoms with E-state index in [2.05, 4.69) is 46.1 Å². The van der Waals surface area contributed by atoms with Crippen molar-refractivity contribution in [1.29, 1.82) is 0 Å². The van der Waals surface area contributed by atoms with Gasteiger partial charge in [0.05, 0.1) is 0 Å². The lowest BCUT2D eigenvalue weighted by Crippen LogP contribution is -2.19. The average molecular weight is 268 g/mol. The summed E-state index contributed by atoms with van der Waals surface area (Å²) in [6.07, 6.45) is 3.91. The third-order valence-electron chi connectivity index (χ3n) is 3.08. The highest BCUT2D eigenvalue weighted by Gasteiger charge is 2.11. The quantitative estimate of drug-likeness (QED) is 0.759. The molecular weight excluding hydrogens is 250 g/mol. The van der Waals surface area contributed by atoms with Crippen LogP contribution in [0.3, 0.4) is 0 Å². The van der Waals surface area contributed by atoms with Gasteiger partial charge in [-0.05, 0) is 43.0 Å². The van der Waals surface area contributed by atoms with Crippen LogP contribution in [0.2, 0.25) is 0 Å². The molecule has 0 amide bonds.